The highest BCUT2D eigenvalue weighted by Gasteiger charge is 2.64. The number of piperidine rings is 1. The van der Waals surface area contributed by atoms with Crippen molar-refractivity contribution < 1.29 is 13.2 Å². The Morgan fingerprint density at radius 2 is 1.75 bits per heavy atom. The van der Waals surface area contributed by atoms with E-state index in [0.717, 1.165) is 25.7 Å². The van der Waals surface area contributed by atoms with Crippen LogP contribution in [-0.2, 0) is 14.8 Å². The second-order valence-electron chi connectivity index (χ2n) is 7.39. The molecule has 5 heteroatoms. The zero-order chi connectivity index (χ0) is 14.7. The fourth-order valence-electron chi connectivity index (χ4n) is 4.56. The minimum absolute atomic E-state index is 0.00178. The van der Waals surface area contributed by atoms with E-state index in [1.807, 2.05) is 0 Å². The van der Waals surface area contributed by atoms with E-state index in [-0.39, 0.29) is 23.0 Å². The van der Waals surface area contributed by atoms with Gasteiger partial charge in [0.2, 0.25) is 10.0 Å². The molecule has 2 saturated carbocycles. The maximum atomic E-state index is 12.9. The summed E-state index contributed by atoms with van der Waals surface area (Å²) in [4.78, 5) is 12.5. The molecule has 0 unspecified atom stereocenters. The summed E-state index contributed by atoms with van der Waals surface area (Å²) in [6.45, 7) is 7.56. The van der Waals surface area contributed by atoms with Gasteiger partial charge in [-0.15, -0.1) is 0 Å². The van der Waals surface area contributed by atoms with Crippen LogP contribution in [0.4, 0.5) is 0 Å². The van der Waals surface area contributed by atoms with E-state index in [4.69, 9.17) is 0 Å². The molecule has 1 heterocycles. The molecule has 114 valence electrons. The Balaban J connectivity index is 1.93. The third kappa shape index (κ3) is 1.82. The molecule has 0 amide bonds. The van der Waals surface area contributed by atoms with Crippen molar-refractivity contribution in [3.05, 3.63) is 0 Å². The van der Waals surface area contributed by atoms with Crippen LogP contribution in [0, 0.1) is 23.2 Å². The lowest BCUT2D eigenvalue weighted by Gasteiger charge is -2.41. The SMILES string of the molecule is C[C@@H]1[C@H]2C[C@H]([C@H](S(=O)(=O)N3CCCCC3)C2=O)C1(C)C. The van der Waals surface area contributed by atoms with E-state index >= 15 is 0 Å². The third-order valence-electron chi connectivity index (χ3n) is 6.25. The van der Waals surface area contributed by atoms with Gasteiger partial charge < -0.3 is 0 Å². The van der Waals surface area contributed by atoms with E-state index in [2.05, 4.69) is 20.8 Å². The molecule has 4 atom stereocenters. The van der Waals surface area contributed by atoms with Crippen LogP contribution in [0.25, 0.3) is 0 Å². The van der Waals surface area contributed by atoms with Gasteiger partial charge in [0.15, 0.2) is 5.78 Å². The number of carbonyl (C=O) groups excluding carboxylic acids is 1. The van der Waals surface area contributed by atoms with Crippen molar-refractivity contribution in [1.29, 1.82) is 0 Å². The number of hydrogen-bond donors (Lipinski definition) is 0. The summed E-state index contributed by atoms with van der Waals surface area (Å²) in [6.07, 6.45) is 3.71. The van der Waals surface area contributed by atoms with Crippen LogP contribution < -0.4 is 0 Å². The van der Waals surface area contributed by atoms with Crippen LogP contribution >= 0.6 is 0 Å². The molecule has 3 fully saturated rings. The maximum Gasteiger partial charge on any atom is 0.224 e. The van der Waals surface area contributed by atoms with Crippen LogP contribution in [-0.4, -0.2) is 36.8 Å². The lowest BCUT2D eigenvalue weighted by Crippen LogP contribution is -2.52. The number of hydrogen-bond acceptors (Lipinski definition) is 3. The van der Waals surface area contributed by atoms with Crippen molar-refractivity contribution in [3.8, 4) is 0 Å². The highest BCUT2D eigenvalue weighted by Crippen LogP contribution is 2.59. The first-order valence-electron chi connectivity index (χ1n) is 7.80. The van der Waals surface area contributed by atoms with E-state index in [1.54, 1.807) is 4.31 Å². The first-order valence-corrected chi connectivity index (χ1v) is 9.31. The van der Waals surface area contributed by atoms with E-state index in [0.29, 0.717) is 19.0 Å². The number of sulfonamides is 1. The van der Waals surface area contributed by atoms with Crippen LogP contribution in [0.3, 0.4) is 0 Å². The Hall–Kier alpha value is -0.420. The molecule has 0 N–H and O–H groups in total. The van der Waals surface area contributed by atoms with Crippen LogP contribution in [0.1, 0.15) is 46.5 Å². The molecule has 0 aromatic heterocycles. The maximum absolute atomic E-state index is 12.9. The van der Waals surface area contributed by atoms with Crippen LogP contribution in [0.5, 0.6) is 0 Å². The van der Waals surface area contributed by atoms with E-state index < -0.39 is 15.3 Å². The molecule has 2 aliphatic carbocycles. The number of Topliss-reactive ketones (excluding diaryl/α,β-unsaturated/α-hetero) is 1. The van der Waals surface area contributed by atoms with E-state index in [1.165, 1.54) is 0 Å². The molecule has 3 rings (SSSR count). The van der Waals surface area contributed by atoms with E-state index in [9.17, 15) is 13.2 Å². The Labute approximate surface area is 122 Å². The lowest BCUT2D eigenvalue weighted by molar-refractivity contribution is -0.125. The molecule has 3 aliphatic rings. The molecule has 0 spiro atoms. The van der Waals surface area contributed by atoms with Crippen LogP contribution in [0.15, 0.2) is 0 Å². The average Bonchev–Trinajstić information content (AvgIpc) is 2.86. The standard InChI is InChI=1S/C15H25NO3S/c1-10-11-9-12(15(10,2)3)14(13(11)17)20(18,19)16-7-5-4-6-8-16/h10-12,14H,4-9H2,1-3H3/t10-,11-,12-,14+/m1/s1. The van der Waals surface area contributed by atoms with Crippen LogP contribution in [0.2, 0.25) is 0 Å². The summed E-state index contributed by atoms with van der Waals surface area (Å²) in [5.41, 5.74) is -0.0495. The Bertz CT molecular complexity index is 519. The molecule has 2 bridgehead atoms. The molecular weight excluding hydrogens is 274 g/mol. The normalized spacial score (nSPS) is 41.2. The van der Waals surface area contributed by atoms with Gasteiger partial charge >= 0.3 is 0 Å². The molecular formula is C15H25NO3S. The topological polar surface area (TPSA) is 54.5 Å². The van der Waals surface area contributed by atoms with Crippen molar-refractivity contribution in [2.75, 3.05) is 13.1 Å². The van der Waals surface area contributed by atoms with Crippen molar-refractivity contribution in [3.63, 3.8) is 0 Å². The van der Waals surface area contributed by atoms with Crippen molar-refractivity contribution in [1.82, 2.24) is 4.31 Å². The van der Waals surface area contributed by atoms with Gasteiger partial charge in [0.1, 0.15) is 5.25 Å². The van der Waals surface area contributed by atoms with Gasteiger partial charge in [0.05, 0.1) is 0 Å². The molecule has 20 heavy (non-hydrogen) atoms. The largest absolute Gasteiger partial charge is 0.298 e. The van der Waals surface area contributed by atoms with Crippen molar-refractivity contribution in [2.24, 2.45) is 23.2 Å². The average molecular weight is 299 g/mol. The summed E-state index contributed by atoms with van der Waals surface area (Å²) < 4.78 is 27.4. The van der Waals surface area contributed by atoms with Gasteiger partial charge in [0, 0.05) is 19.0 Å². The fraction of sp³-hybridized carbons (Fsp3) is 0.933. The van der Waals surface area contributed by atoms with Crippen molar-refractivity contribution in [2.45, 2.75) is 51.7 Å². The monoisotopic (exact) mass is 299 g/mol. The highest BCUT2D eigenvalue weighted by molar-refractivity contribution is 7.90. The summed E-state index contributed by atoms with van der Waals surface area (Å²) in [6, 6.07) is 0. The molecule has 0 aromatic rings. The van der Waals surface area contributed by atoms with Gasteiger partial charge in [-0.2, -0.15) is 0 Å². The first-order chi connectivity index (χ1) is 9.28. The zero-order valence-electron chi connectivity index (χ0n) is 12.6. The molecule has 0 aromatic carbocycles. The smallest absolute Gasteiger partial charge is 0.224 e. The molecule has 1 saturated heterocycles. The molecule has 0 radical (unpaired) electrons. The third-order valence-corrected chi connectivity index (χ3v) is 8.54. The first kappa shape index (κ1) is 14.5. The number of ketones is 1. The minimum Gasteiger partial charge on any atom is -0.298 e. The quantitative estimate of drug-likeness (QED) is 0.784. The van der Waals surface area contributed by atoms with Crippen molar-refractivity contribution >= 4 is 15.8 Å². The second-order valence-corrected chi connectivity index (χ2v) is 9.44. The predicted molar refractivity (Wildman–Crippen MR) is 77.7 cm³/mol. The molecule has 1 aliphatic heterocycles. The van der Waals surface area contributed by atoms with Gasteiger partial charge in [0.25, 0.3) is 0 Å². The van der Waals surface area contributed by atoms with Gasteiger partial charge in [-0.3, -0.25) is 4.79 Å². The summed E-state index contributed by atoms with van der Waals surface area (Å²) in [5, 5.41) is -0.767. The van der Waals surface area contributed by atoms with Gasteiger partial charge in [-0.25, -0.2) is 12.7 Å². The number of rotatable bonds is 2. The number of fused-ring (bicyclic) bond motifs is 2. The van der Waals surface area contributed by atoms with Gasteiger partial charge in [-0.05, 0) is 36.5 Å². The Morgan fingerprint density at radius 3 is 2.30 bits per heavy atom. The summed E-state index contributed by atoms with van der Waals surface area (Å²) in [5.74, 6) is 0.252. The zero-order valence-corrected chi connectivity index (χ0v) is 13.4. The summed E-state index contributed by atoms with van der Waals surface area (Å²) in [7, 11) is -3.45. The Morgan fingerprint density at radius 1 is 1.15 bits per heavy atom. The second kappa shape index (κ2) is 4.54. The minimum atomic E-state index is -3.45. The Kier molecular flexibility index (Phi) is 3.29. The summed E-state index contributed by atoms with van der Waals surface area (Å²) >= 11 is 0. The number of carbonyl (C=O) groups is 1. The predicted octanol–water partition coefficient (Wildman–Crippen LogP) is 2.05. The van der Waals surface area contributed by atoms with Gasteiger partial charge in [-0.1, -0.05) is 27.2 Å². The highest BCUT2D eigenvalue weighted by atomic mass is 32.2. The fourth-order valence-corrected chi connectivity index (χ4v) is 6.99. The lowest BCUT2D eigenvalue weighted by atomic mass is 9.69. The number of nitrogens with zero attached hydrogens (tertiary/aromatic N) is 1. The molecule has 4 nitrogen and oxygen atoms in total.